The van der Waals surface area contributed by atoms with E-state index in [4.69, 9.17) is 10.5 Å². The molecule has 9 heteroatoms. The van der Waals surface area contributed by atoms with E-state index in [1.54, 1.807) is 12.1 Å². The number of anilines is 1. The van der Waals surface area contributed by atoms with Gasteiger partial charge in [-0.2, -0.15) is 13.2 Å². The van der Waals surface area contributed by atoms with Gasteiger partial charge >= 0.3 is 12.2 Å². The molecule has 1 aliphatic heterocycles. The summed E-state index contributed by atoms with van der Waals surface area (Å²) in [6.45, 7) is 1.98. The molecule has 0 aliphatic carbocycles. The molecular formula is C16H17F3N4O2. The molecule has 1 saturated heterocycles. The lowest BCUT2D eigenvalue weighted by molar-refractivity contribution is -0.140. The largest absolute Gasteiger partial charge is 0.494 e. The Morgan fingerprint density at radius 2 is 1.84 bits per heavy atom. The van der Waals surface area contributed by atoms with E-state index in [1.165, 1.54) is 18.1 Å². The van der Waals surface area contributed by atoms with Crippen LogP contribution in [0.1, 0.15) is 5.69 Å². The van der Waals surface area contributed by atoms with E-state index in [1.807, 2.05) is 4.90 Å². The average Bonchev–Trinajstić information content (AvgIpc) is 2.59. The highest BCUT2D eigenvalue weighted by Gasteiger charge is 2.33. The van der Waals surface area contributed by atoms with Gasteiger partial charge in [-0.3, -0.25) is 0 Å². The number of hydrogen-bond donors (Lipinski definition) is 1. The van der Waals surface area contributed by atoms with Gasteiger partial charge in [0.2, 0.25) is 0 Å². The summed E-state index contributed by atoms with van der Waals surface area (Å²) in [4.78, 5) is 18.5. The van der Waals surface area contributed by atoms with E-state index >= 15 is 0 Å². The fraction of sp³-hybridized carbons (Fsp3) is 0.375. The molecule has 1 aliphatic rings. The van der Waals surface area contributed by atoms with E-state index in [9.17, 15) is 18.0 Å². The van der Waals surface area contributed by atoms with Gasteiger partial charge in [0.1, 0.15) is 17.0 Å². The molecule has 1 aromatic carbocycles. The number of hydrogen-bond acceptors (Lipinski definition) is 4. The van der Waals surface area contributed by atoms with Crippen molar-refractivity contribution in [3.63, 3.8) is 0 Å². The minimum Gasteiger partial charge on any atom is -0.494 e. The van der Waals surface area contributed by atoms with Crippen LogP contribution >= 0.6 is 0 Å². The molecule has 2 amide bonds. The van der Waals surface area contributed by atoms with Crippen LogP contribution in [0, 0.1) is 0 Å². The Labute approximate surface area is 142 Å². The number of alkyl halides is 3. The third-order valence-corrected chi connectivity index (χ3v) is 4.24. The van der Waals surface area contributed by atoms with Crippen molar-refractivity contribution in [1.29, 1.82) is 0 Å². The van der Waals surface area contributed by atoms with Gasteiger partial charge in [-0.25, -0.2) is 9.78 Å². The summed E-state index contributed by atoms with van der Waals surface area (Å²) in [5, 5.41) is 0.569. The highest BCUT2D eigenvalue weighted by molar-refractivity contribution is 5.96. The first-order valence-corrected chi connectivity index (χ1v) is 7.65. The zero-order valence-electron chi connectivity index (χ0n) is 13.5. The van der Waals surface area contributed by atoms with E-state index in [0.717, 1.165) is 11.8 Å². The molecule has 3 rings (SSSR count). The smallest absolute Gasteiger partial charge is 0.433 e. The van der Waals surface area contributed by atoms with Crippen molar-refractivity contribution in [2.45, 2.75) is 6.18 Å². The fourth-order valence-electron chi connectivity index (χ4n) is 2.94. The van der Waals surface area contributed by atoms with Crippen molar-refractivity contribution >= 4 is 22.6 Å². The molecule has 2 aromatic rings. The zero-order valence-corrected chi connectivity index (χ0v) is 13.5. The number of fused-ring (bicyclic) bond motifs is 1. The second-order valence-corrected chi connectivity index (χ2v) is 5.69. The molecular weight excluding hydrogens is 337 g/mol. The lowest BCUT2D eigenvalue weighted by Gasteiger charge is -2.35. The Bertz CT molecular complexity index is 802. The number of primary amides is 1. The molecule has 0 unspecified atom stereocenters. The van der Waals surface area contributed by atoms with Gasteiger partial charge < -0.3 is 20.3 Å². The summed E-state index contributed by atoms with van der Waals surface area (Å²) in [5.41, 5.74) is 5.22. The lowest BCUT2D eigenvalue weighted by Crippen LogP contribution is -2.50. The monoisotopic (exact) mass is 354 g/mol. The van der Waals surface area contributed by atoms with Crippen LogP contribution in [-0.2, 0) is 6.18 Å². The first-order valence-electron chi connectivity index (χ1n) is 7.65. The Kier molecular flexibility index (Phi) is 4.32. The van der Waals surface area contributed by atoms with Crippen molar-refractivity contribution in [3.05, 3.63) is 30.0 Å². The van der Waals surface area contributed by atoms with Crippen molar-refractivity contribution < 1.29 is 22.7 Å². The maximum absolute atomic E-state index is 13.0. The number of nitrogens with zero attached hydrogens (tertiary/aromatic N) is 3. The number of carbonyl (C=O) groups is 1. The maximum atomic E-state index is 13.0. The van der Waals surface area contributed by atoms with Crippen LogP contribution in [0.2, 0.25) is 0 Å². The summed E-state index contributed by atoms with van der Waals surface area (Å²) in [6, 6.07) is 5.28. The molecule has 25 heavy (non-hydrogen) atoms. The van der Waals surface area contributed by atoms with Gasteiger partial charge in [0.25, 0.3) is 0 Å². The SMILES string of the molecule is COc1ccc(N2CCN(C(N)=O)CC2)c2ccc(C(F)(F)F)nc12. The predicted octanol–water partition coefficient (Wildman–Crippen LogP) is 2.46. The van der Waals surface area contributed by atoms with Crippen molar-refractivity contribution in [3.8, 4) is 5.75 Å². The molecule has 1 aromatic heterocycles. The van der Waals surface area contributed by atoms with Gasteiger partial charge in [0.05, 0.1) is 7.11 Å². The van der Waals surface area contributed by atoms with Gasteiger partial charge in [-0.15, -0.1) is 0 Å². The Hall–Kier alpha value is -2.71. The first-order chi connectivity index (χ1) is 11.8. The van der Waals surface area contributed by atoms with E-state index in [2.05, 4.69) is 4.98 Å². The molecule has 2 N–H and O–H groups in total. The fourth-order valence-corrected chi connectivity index (χ4v) is 2.94. The number of methoxy groups -OCH3 is 1. The van der Waals surface area contributed by atoms with Gasteiger partial charge in [0, 0.05) is 37.3 Å². The molecule has 1 fully saturated rings. The number of piperazine rings is 1. The quantitative estimate of drug-likeness (QED) is 0.899. The van der Waals surface area contributed by atoms with Crippen LogP contribution in [0.25, 0.3) is 10.9 Å². The third kappa shape index (κ3) is 3.26. The van der Waals surface area contributed by atoms with Crippen LogP contribution in [-0.4, -0.2) is 49.2 Å². The Morgan fingerprint density at radius 1 is 1.16 bits per heavy atom. The summed E-state index contributed by atoms with van der Waals surface area (Å²) < 4.78 is 44.1. The van der Waals surface area contributed by atoms with Crippen molar-refractivity contribution in [2.24, 2.45) is 5.73 Å². The van der Waals surface area contributed by atoms with Gasteiger partial charge in [-0.05, 0) is 24.3 Å². The van der Waals surface area contributed by atoms with Crippen LogP contribution in [0.5, 0.6) is 5.75 Å². The maximum Gasteiger partial charge on any atom is 0.433 e. The second kappa shape index (κ2) is 6.30. The van der Waals surface area contributed by atoms with E-state index < -0.39 is 17.9 Å². The average molecular weight is 354 g/mol. The number of benzene rings is 1. The molecule has 0 bridgehead atoms. The number of urea groups is 1. The highest BCUT2D eigenvalue weighted by Crippen LogP contribution is 2.36. The number of ether oxygens (including phenoxy) is 1. The normalized spacial score (nSPS) is 15.5. The van der Waals surface area contributed by atoms with E-state index in [-0.39, 0.29) is 11.3 Å². The lowest BCUT2D eigenvalue weighted by atomic mass is 10.1. The molecule has 2 heterocycles. The zero-order chi connectivity index (χ0) is 18.2. The van der Waals surface area contributed by atoms with Crippen LogP contribution < -0.4 is 15.4 Å². The summed E-state index contributed by atoms with van der Waals surface area (Å²) in [6.07, 6.45) is -4.53. The summed E-state index contributed by atoms with van der Waals surface area (Å²) in [7, 11) is 1.39. The topological polar surface area (TPSA) is 71.7 Å². The number of rotatable bonds is 2. The number of pyridine rings is 1. The number of carbonyl (C=O) groups excluding carboxylic acids is 1. The van der Waals surface area contributed by atoms with Gasteiger partial charge in [0.15, 0.2) is 0 Å². The third-order valence-electron chi connectivity index (χ3n) is 4.24. The number of nitrogens with two attached hydrogens (primary N) is 1. The summed E-state index contributed by atoms with van der Waals surface area (Å²) in [5.74, 6) is 0.278. The Balaban J connectivity index is 2.01. The molecule has 6 nitrogen and oxygen atoms in total. The molecule has 134 valence electrons. The number of halogens is 3. The van der Waals surface area contributed by atoms with Crippen molar-refractivity contribution in [2.75, 3.05) is 38.2 Å². The molecule has 0 spiro atoms. The van der Waals surface area contributed by atoms with Gasteiger partial charge in [-0.1, -0.05) is 0 Å². The minimum atomic E-state index is -4.53. The molecule has 0 atom stereocenters. The summed E-state index contributed by atoms with van der Waals surface area (Å²) >= 11 is 0. The Morgan fingerprint density at radius 3 is 2.40 bits per heavy atom. The van der Waals surface area contributed by atoms with Crippen LogP contribution in [0.3, 0.4) is 0 Å². The van der Waals surface area contributed by atoms with Crippen LogP contribution in [0.4, 0.5) is 23.7 Å². The predicted molar refractivity (Wildman–Crippen MR) is 86.7 cm³/mol. The highest BCUT2D eigenvalue weighted by atomic mass is 19.4. The number of amides is 2. The minimum absolute atomic E-state index is 0.159. The van der Waals surface area contributed by atoms with Crippen LogP contribution in [0.15, 0.2) is 24.3 Å². The molecule has 0 saturated carbocycles. The number of aromatic nitrogens is 1. The first kappa shape index (κ1) is 17.1. The molecule has 0 radical (unpaired) electrons. The van der Waals surface area contributed by atoms with Crippen molar-refractivity contribution in [1.82, 2.24) is 9.88 Å². The second-order valence-electron chi connectivity index (χ2n) is 5.69. The standard InChI is InChI=1S/C16H17F3N4O2/c1-25-12-4-3-11(22-6-8-23(9-7-22)15(20)24)10-2-5-13(16(17,18)19)21-14(10)12/h2-5H,6-9H2,1H3,(H2,20,24). The van der Waals surface area contributed by atoms with E-state index in [0.29, 0.717) is 31.6 Å².